The molecule has 0 N–H and O–H groups in total. The first-order valence-corrected chi connectivity index (χ1v) is 5.67. The van der Waals surface area contributed by atoms with Gasteiger partial charge in [-0.25, -0.2) is 0 Å². The highest BCUT2D eigenvalue weighted by atomic mass is 14.4. The molecule has 72 valence electrons. The molecule has 0 aromatic carbocycles. The number of unbranched alkanes of at least 4 members (excludes halogenated alkanes) is 3. The van der Waals surface area contributed by atoms with Crippen molar-refractivity contribution in [2.45, 2.75) is 65.7 Å². The van der Waals surface area contributed by atoms with Crippen LogP contribution in [0.3, 0.4) is 0 Å². The molecule has 0 aromatic heterocycles. The van der Waals surface area contributed by atoms with Gasteiger partial charge in [0, 0.05) is 0 Å². The van der Waals surface area contributed by atoms with Gasteiger partial charge < -0.3 is 0 Å². The fourth-order valence-corrected chi connectivity index (χ4v) is 2.28. The molecule has 1 fully saturated rings. The molecule has 0 aliphatic heterocycles. The molecule has 0 aromatic rings. The van der Waals surface area contributed by atoms with Crippen LogP contribution in [-0.2, 0) is 0 Å². The van der Waals surface area contributed by atoms with Crippen molar-refractivity contribution in [2.75, 3.05) is 0 Å². The van der Waals surface area contributed by atoms with Gasteiger partial charge in [0.15, 0.2) is 0 Å². The van der Waals surface area contributed by atoms with Crippen LogP contribution in [0.25, 0.3) is 0 Å². The van der Waals surface area contributed by atoms with E-state index in [-0.39, 0.29) is 0 Å². The Kier molecular flexibility index (Phi) is 3.61. The van der Waals surface area contributed by atoms with Crippen molar-refractivity contribution < 1.29 is 0 Å². The quantitative estimate of drug-likeness (QED) is 0.534. The Morgan fingerprint density at radius 3 is 2.33 bits per heavy atom. The molecule has 0 radical (unpaired) electrons. The van der Waals surface area contributed by atoms with E-state index < -0.39 is 0 Å². The summed E-state index contributed by atoms with van der Waals surface area (Å²) in [5, 5.41) is 0. The molecule has 12 heavy (non-hydrogen) atoms. The van der Waals surface area contributed by atoms with Crippen LogP contribution in [0.4, 0.5) is 0 Å². The molecular weight excluding hydrogens is 144 g/mol. The van der Waals surface area contributed by atoms with Crippen LogP contribution in [0, 0.1) is 11.3 Å². The van der Waals surface area contributed by atoms with Crippen molar-refractivity contribution in [2.24, 2.45) is 11.3 Å². The molecule has 0 nitrogen and oxygen atoms in total. The molecule has 1 rings (SSSR count). The lowest BCUT2D eigenvalue weighted by atomic mass is 9.61. The summed E-state index contributed by atoms with van der Waals surface area (Å²) in [5.41, 5.74) is 0.687. The zero-order valence-corrected chi connectivity index (χ0v) is 9.03. The molecule has 1 aliphatic carbocycles. The fraction of sp³-hybridized carbons (Fsp3) is 1.00. The summed E-state index contributed by atoms with van der Waals surface area (Å²) < 4.78 is 0. The summed E-state index contributed by atoms with van der Waals surface area (Å²) in [7, 11) is 0. The van der Waals surface area contributed by atoms with Crippen LogP contribution < -0.4 is 0 Å². The highest BCUT2D eigenvalue weighted by Crippen LogP contribution is 2.48. The van der Waals surface area contributed by atoms with Crippen LogP contribution in [0.1, 0.15) is 65.7 Å². The topological polar surface area (TPSA) is 0 Å². The molecule has 1 saturated carbocycles. The van der Waals surface area contributed by atoms with Crippen molar-refractivity contribution in [1.82, 2.24) is 0 Å². The average Bonchev–Trinajstić information content (AvgIpc) is 2.02. The molecule has 0 bridgehead atoms. The van der Waals surface area contributed by atoms with Gasteiger partial charge in [0.1, 0.15) is 0 Å². The lowest BCUT2D eigenvalue weighted by Gasteiger charge is -2.45. The highest BCUT2D eigenvalue weighted by molar-refractivity contribution is 4.87. The summed E-state index contributed by atoms with van der Waals surface area (Å²) in [4.78, 5) is 0. The summed E-state index contributed by atoms with van der Waals surface area (Å²) in [6, 6.07) is 0. The molecule has 0 spiro atoms. The van der Waals surface area contributed by atoms with Gasteiger partial charge in [0.05, 0.1) is 0 Å². The maximum atomic E-state index is 2.43. The Hall–Kier alpha value is 0. The minimum Gasteiger partial charge on any atom is -0.0654 e. The van der Waals surface area contributed by atoms with Crippen molar-refractivity contribution >= 4 is 0 Å². The Morgan fingerprint density at radius 2 is 1.92 bits per heavy atom. The largest absolute Gasteiger partial charge is 0.0654 e. The van der Waals surface area contributed by atoms with Crippen LogP contribution >= 0.6 is 0 Å². The van der Waals surface area contributed by atoms with Gasteiger partial charge >= 0.3 is 0 Å². The lowest BCUT2D eigenvalue weighted by molar-refractivity contribution is 0.0623. The maximum absolute atomic E-state index is 2.43. The molecule has 1 aliphatic rings. The van der Waals surface area contributed by atoms with E-state index in [0.717, 1.165) is 5.92 Å². The lowest BCUT2D eigenvalue weighted by Crippen LogP contribution is -2.34. The molecule has 0 saturated heterocycles. The van der Waals surface area contributed by atoms with Crippen LogP contribution in [0.2, 0.25) is 0 Å². The average molecular weight is 168 g/mol. The van der Waals surface area contributed by atoms with E-state index in [1.54, 1.807) is 0 Å². The molecule has 1 unspecified atom stereocenters. The second-order valence-corrected chi connectivity index (χ2v) is 5.07. The van der Waals surface area contributed by atoms with E-state index in [0.29, 0.717) is 5.41 Å². The van der Waals surface area contributed by atoms with E-state index in [4.69, 9.17) is 0 Å². The predicted octanol–water partition coefficient (Wildman–Crippen LogP) is 4.39. The zero-order chi connectivity index (χ0) is 9.03. The van der Waals surface area contributed by atoms with E-state index in [9.17, 15) is 0 Å². The predicted molar refractivity (Wildman–Crippen MR) is 55.3 cm³/mol. The van der Waals surface area contributed by atoms with E-state index in [1.165, 1.54) is 44.9 Å². The molecule has 0 amide bonds. The van der Waals surface area contributed by atoms with Gasteiger partial charge in [0.2, 0.25) is 0 Å². The normalized spacial score (nSPS) is 26.8. The van der Waals surface area contributed by atoms with Crippen molar-refractivity contribution in [1.29, 1.82) is 0 Å². The van der Waals surface area contributed by atoms with Gasteiger partial charge in [-0.15, -0.1) is 0 Å². The van der Waals surface area contributed by atoms with Gasteiger partial charge in [-0.2, -0.15) is 0 Å². The molecule has 1 atom stereocenters. The third kappa shape index (κ3) is 2.50. The number of hydrogen-bond acceptors (Lipinski definition) is 0. The number of hydrogen-bond donors (Lipinski definition) is 0. The Balaban J connectivity index is 2.01. The first-order chi connectivity index (χ1) is 5.67. The highest BCUT2D eigenvalue weighted by Gasteiger charge is 2.37. The van der Waals surface area contributed by atoms with Crippen LogP contribution in [-0.4, -0.2) is 0 Å². The van der Waals surface area contributed by atoms with Crippen LogP contribution in [0.15, 0.2) is 0 Å². The molecule has 0 heteroatoms. The maximum Gasteiger partial charge on any atom is -0.0326 e. The summed E-state index contributed by atoms with van der Waals surface area (Å²) in [5.74, 6) is 1.05. The SMILES string of the molecule is CCCCCCC1CCC1(C)C. The van der Waals surface area contributed by atoms with Crippen molar-refractivity contribution in [3.63, 3.8) is 0 Å². The minimum absolute atomic E-state index is 0.687. The third-order valence-corrected chi connectivity index (χ3v) is 3.65. The van der Waals surface area contributed by atoms with E-state index >= 15 is 0 Å². The molecule has 0 heterocycles. The summed E-state index contributed by atoms with van der Waals surface area (Å²) >= 11 is 0. The smallest absolute Gasteiger partial charge is 0.0326 e. The van der Waals surface area contributed by atoms with Gasteiger partial charge in [-0.1, -0.05) is 46.5 Å². The van der Waals surface area contributed by atoms with Gasteiger partial charge in [-0.05, 0) is 30.6 Å². The Morgan fingerprint density at radius 1 is 1.17 bits per heavy atom. The summed E-state index contributed by atoms with van der Waals surface area (Å²) in [6.07, 6.45) is 10.2. The first kappa shape index (κ1) is 10.1. The Labute approximate surface area is 77.7 Å². The fourth-order valence-electron chi connectivity index (χ4n) is 2.28. The molecular formula is C12H24. The minimum atomic E-state index is 0.687. The van der Waals surface area contributed by atoms with Gasteiger partial charge in [0.25, 0.3) is 0 Å². The van der Waals surface area contributed by atoms with Crippen molar-refractivity contribution in [3.8, 4) is 0 Å². The number of rotatable bonds is 5. The monoisotopic (exact) mass is 168 g/mol. The van der Waals surface area contributed by atoms with Crippen LogP contribution in [0.5, 0.6) is 0 Å². The van der Waals surface area contributed by atoms with E-state index in [2.05, 4.69) is 20.8 Å². The van der Waals surface area contributed by atoms with E-state index in [1.807, 2.05) is 0 Å². The second-order valence-electron chi connectivity index (χ2n) is 5.07. The standard InChI is InChI=1S/C12H24/c1-4-5-6-7-8-11-9-10-12(11,2)3/h11H,4-10H2,1-3H3. The second kappa shape index (κ2) is 4.30. The van der Waals surface area contributed by atoms with Crippen molar-refractivity contribution in [3.05, 3.63) is 0 Å². The zero-order valence-electron chi connectivity index (χ0n) is 9.03. The first-order valence-electron chi connectivity index (χ1n) is 5.67. The Bertz CT molecular complexity index is 124. The third-order valence-electron chi connectivity index (χ3n) is 3.65. The van der Waals surface area contributed by atoms with Gasteiger partial charge in [-0.3, -0.25) is 0 Å². The summed E-state index contributed by atoms with van der Waals surface area (Å²) in [6.45, 7) is 7.15.